The lowest BCUT2D eigenvalue weighted by molar-refractivity contribution is -0.120. The van der Waals surface area contributed by atoms with Crippen molar-refractivity contribution in [3.63, 3.8) is 0 Å². The zero-order chi connectivity index (χ0) is 22.0. The second-order valence-corrected chi connectivity index (χ2v) is 7.72. The van der Waals surface area contributed by atoms with E-state index in [4.69, 9.17) is 4.74 Å². The van der Waals surface area contributed by atoms with Crippen LogP contribution in [0.3, 0.4) is 0 Å². The molecule has 2 amide bonds. The number of thiophene rings is 1. The minimum absolute atomic E-state index is 0.00154. The molecule has 1 aliphatic rings. The van der Waals surface area contributed by atoms with Gasteiger partial charge in [-0.15, -0.1) is 11.3 Å². The van der Waals surface area contributed by atoms with E-state index in [0.717, 1.165) is 23.5 Å². The fourth-order valence-corrected chi connectivity index (χ4v) is 3.95. The van der Waals surface area contributed by atoms with Gasteiger partial charge in [0.1, 0.15) is 11.4 Å². The maximum Gasteiger partial charge on any atom is 0.282 e. The van der Waals surface area contributed by atoms with Gasteiger partial charge in [-0.3, -0.25) is 9.59 Å². The van der Waals surface area contributed by atoms with Gasteiger partial charge in [0.2, 0.25) is 0 Å². The lowest BCUT2D eigenvalue weighted by atomic mass is 10.2. The highest BCUT2D eigenvalue weighted by Gasteiger charge is 2.40. The third-order valence-electron chi connectivity index (χ3n) is 4.59. The molecule has 1 aliphatic heterocycles. The summed E-state index contributed by atoms with van der Waals surface area (Å²) < 4.78 is 32.6. The zero-order valence-electron chi connectivity index (χ0n) is 16.5. The van der Waals surface area contributed by atoms with Gasteiger partial charge < -0.3 is 10.1 Å². The molecule has 1 aromatic heterocycles. The molecule has 0 saturated heterocycles. The summed E-state index contributed by atoms with van der Waals surface area (Å²) in [6.07, 6.45) is 0.818. The van der Waals surface area contributed by atoms with Gasteiger partial charge in [0.25, 0.3) is 11.8 Å². The molecule has 8 heteroatoms. The summed E-state index contributed by atoms with van der Waals surface area (Å²) in [7, 11) is 0. The highest BCUT2D eigenvalue weighted by atomic mass is 32.1. The van der Waals surface area contributed by atoms with E-state index in [0.29, 0.717) is 22.9 Å². The van der Waals surface area contributed by atoms with Crippen LogP contribution in [0, 0.1) is 11.6 Å². The monoisotopic (exact) mass is 440 g/mol. The second kappa shape index (κ2) is 8.69. The molecule has 0 atom stereocenters. The smallest absolute Gasteiger partial charge is 0.282 e. The average Bonchev–Trinajstić information content (AvgIpc) is 3.36. The van der Waals surface area contributed by atoms with Crippen molar-refractivity contribution < 1.29 is 23.1 Å². The number of nitrogens with one attached hydrogen (secondary N) is 1. The quantitative estimate of drug-likeness (QED) is 0.513. The summed E-state index contributed by atoms with van der Waals surface area (Å²) in [6.45, 7) is 2.48. The van der Waals surface area contributed by atoms with Crippen LogP contribution in [0.15, 0.2) is 65.7 Å². The maximum atomic E-state index is 13.7. The van der Waals surface area contributed by atoms with Gasteiger partial charge in [-0.1, -0.05) is 19.1 Å². The first-order valence-corrected chi connectivity index (χ1v) is 10.5. The number of hydrogen-bond donors (Lipinski definition) is 1. The Balaban J connectivity index is 1.73. The van der Waals surface area contributed by atoms with Crippen LogP contribution in [0.4, 0.5) is 20.2 Å². The van der Waals surface area contributed by atoms with Crippen LogP contribution in [0.25, 0.3) is 5.57 Å². The summed E-state index contributed by atoms with van der Waals surface area (Å²) >= 11 is 1.30. The van der Waals surface area contributed by atoms with E-state index in [1.165, 1.54) is 17.4 Å². The van der Waals surface area contributed by atoms with E-state index in [2.05, 4.69) is 5.32 Å². The van der Waals surface area contributed by atoms with Crippen molar-refractivity contribution in [2.24, 2.45) is 0 Å². The predicted molar refractivity (Wildman–Crippen MR) is 116 cm³/mol. The molecule has 0 aliphatic carbocycles. The molecule has 0 unspecified atom stereocenters. The molecule has 0 bridgehead atoms. The Bertz CT molecular complexity index is 1180. The van der Waals surface area contributed by atoms with Gasteiger partial charge in [-0.2, -0.15) is 0 Å². The Kier molecular flexibility index (Phi) is 5.81. The molecule has 0 spiro atoms. The van der Waals surface area contributed by atoms with E-state index >= 15 is 0 Å². The van der Waals surface area contributed by atoms with E-state index < -0.39 is 23.4 Å². The number of benzene rings is 2. The minimum Gasteiger partial charge on any atom is -0.494 e. The molecule has 158 valence electrons. The van der Waals surface area contributed by atoms with Crippen molar-refractivity contribution >= 4 is 40.1 Å². The van der Waals surface area contributed by atoms with Crippen LogP contribution in [0.2, 0.25) is 0 Å². The third-order valence-corrected chi connectivity index (χ3v) is 5.48. The van der Waals surface area contributed by atoms with Gasteiger partial charge in [-0.25, -0.2) is 13.7 Å². The summed E-state index contributed by atoms with van der Waals surface area (Å²) in [5.74, 6) is -2.62. The highest BCUT2D eigenvalue weighted by molar-refractivity contribution is 7.11. The first-order chi connectivity index (χ1) is 15.0. The number of nitrogens with zero attached hydrogens (tertiary/aromatic N) is 1. The van der Waals surface area contributed by atoms with Crippen LogP contribution in [-0.2, 0) is 9.59 Å². The Morgan fingerprint density at radius 1 is 1.00 bits per heavy atom. The number of amides is 2. The molecule has 5 nitrogen and oxygen atoms in total. The van der Waals surface area contributed by atoms with Gasteiger partial charge in [0, 0.05) is 22.7 Å². The number of ether oxygens (including phenoxy) is 1. The SMILES string of the molecule is CCCOc1cccc(N2C(=O)C(Nc3ccc(F)c(F)c3)=C(c3cccs3)C2=O)c1. The number of hydrogen-bond acceptors (Lipinski definition) is 5. The normalized spacial score (nSPS) is 13.8. The standard InChI is InChI=1S/C23H18F2N2O3S/c1-2-10-30-16-6-3-5-15(13-16)27-22(28)20(19-7-4-11-31-19)21(23(27)29)26-14-8-9-17(24)18(25)12-14/h3-9,11-13,26H,2,10H2,1H3. The number of halogens is 2. The molecule has 0 saturated carbocycles. The number of carbonyl (C=O) groups excluding carboxylic acids is 2. The van der Waals surface area contributed by atoms with Gasteiger partial charge in [-0.05, 0) is 42.1 Å². The molecule has 1 N–H and O–H groups in total. The summed E-state index contributed by atoms with van der Waals surface area (Å²) in [5, 5.41) is 4.60. The van der Waals surface area contributed by atoms with Crippen LogP contribution in [-0.4, -0.2) is 18.4 Å². The average molecular weight is 440 g/mol. The molecule has 0 radical (unpaired) electrons. The van der Waals surface area contributed by atoms with E-state index in [9.17, 15) is 18.4 Å². The van der Waals surface area contributed by atoms with Crippen molar-refractivity contribution in [1.29, 1.82) is 0 Å². The summed E-state index contributed by atoms with van der Waals surface area (Å²) in [5.41, 5.74) is 0.689. The zero-order valence-corrected chi connectivity index (χ0v) is 17.3. The van der Waals surface area contributed by atoms with Crippen molar-refractivity contribution in [1.82, 2.24) is 0 Å². The number of rotatable bonds is 7. The third kappa shape index (κ3) is 4.06. The topological polar surface area (TPSA) is 58.6 Å². The molecular formula is C23H18F2N2O3S. The number of imide groups is 1. The summed E-state index contributed by atoms with van der Waals surface area (Å²) in [4.78, 5) is 28.2. The van der Waals surface area contributed by atoms with Crippen molar-refractivity contribution in [3.05, 3.63) is 82.2 Å². The largest absolute Gasteiger partial charge is 0.494 e. The van der Waals surface area contributed by atoms with Crippen LogP contribution < -0.4 is 15.0 Å². The molecule has 0 fully saturated rings. The van der Waals surface area contributed by atoms with Crippen LogP contribution in [0.5, 0.6) is 5.75 Å². The van der Waals surface area contributed by atoms with E-state index in [-0.39, 0.29) is 17.0 Å². The molecule has 2 aromatic carbocycles. The Morgan fingerprint density at radius 3 is 2.55 bits per heavy atom. The van der Waals surface area contributed by atoms with E-state index in [1.54, 1.807) is 41.8 Å². The van der Waals surface area contributed by atoms with Gasteiger partial charge in [0.05, 0.1) is 17.9 Å². The van der Waals surface area contributed by atoms with Crippen molar-refractivity contribution in [3.8, 4) is 5.75 Å². The van der Waals surface area contributed by atoms with Gasteiger partial charge >= 0.3 is 0 Å². The Labute approximate surface area is 181 Å². The first kappa shape index (κ1) is 20.7. The molecular weight excluding hydrogens is 422 g/mol. The Hall–Kier alpha value is -3.52. The fourth-order valence-electron chi connectivity index (χ4n) is 3.18. The van der Waals surface area contributed by atoms with E-state index in [1.807, 2.05) is 6.92 Å². The lowest BCUT2D eigenvalue weighted by Crippen LogP contribution is -2.32. The molecule has 2 heterocycles. The highest BCUT2D eigenvalue weighted by Crippen LogP contribution is 2.36. The van der Waals surface area contributed by atoms with Gasteiger partial charge in [0.15, 0.2) is 11.6 Å². The second-order valence-electron chi connectivity index (χ2n) is 6.77. The Morgan fingerprint density at radius 2 is 1.84 bits per heavy atom. The molecule has 31 heavy (non-hydrogen) atoms. The van der Waals surface area contributed by atoms with Crippen LogP contribution in [0.1, 0.15) is 18.2 Å². The minimum atomic E-state index is -1.06. The predicted octanol–water partition coefficient (Wildman–Crippen LogP) is 5.21. The fraction of sp³-hybridized carbons (Fsp3) is 0.130. The molecule has 3 aromatic rings. The molecule has 4 rings (SSSR count). The number of carbonyl (C=O) groups is 2. The summed E-state index contributed by atoms with van der Waals surface area (Å²) in [6, 6.07) is 13.4. The lowest BCUT2D eigenvalue weighted by Gasteiger charge is -2.16. The first-order valence-electron chi connectivity index (χ1n) is 9.61. The van der Waals surface area contributed by atoms with Crippen LogP contribution >= 0.6 is 11.3 Å². The van der Waals surface area contributed by atoms with Crippen molar-refractivity contribution in [2.45, 2.75) is 13.3 Å². The number of anilines is 2. The van der Waals surface area contributed by atoms with Crippen molar-refractivity contribution in [2.75, 3.05) is 16.8 Å². The maximum absolute atomic E-state index is 13.7.